The number of benzene rings is 1. The lowest BCUT2D eigenvalue weighted by Crippen LogP contribution is -2.23. The number of hydrogen-bond acceptors (Lipinski definition) is 3. The minimum absolute atomic E-state index is 0.196. The van der Waals surface area contributed by atoms with E-state index in [4.69, 9.17) is 6.57 Å². The molecule has 0 bridgehead atoms. The summed E-state index contributed by atoms with van der Waals surface area (Å²) in [5, 5.41) is 2.94. The first kappa shape index (κ1) is 11.2. The minimum Gasteiger partial charge on any atom is -0.468 e. The highest BCUT2D eigenvalue weighted by molar-refractivity contribution is 5.71. The maximum atomic E-state index is 10.8. The predicted octanol–water partition coefficient (Wildman–Crippen LogP) is 1.50. The Kier molecular flexibility index (Phi) is 4.32. The van der Waals surface area contributed by atoms with E-state index in [1.165, 1.54) is 7.11 Å². The predicted molar refractivity (Wildman–Crippen MR) is 56.4 cm³/mol. The van der Waals surface area contributed by atoms with Crippen LogP contribution < -0.4 is 5.32 Å². The molecule has 0 aromatic heterocycles. The average Bonchev–Trinajstić information content (AvgIpc) is 2.29. The molecule has 0 radical (unpaired) electrons. The normalized spacial score (nSPS) is 9.33. The van der Waals surface area contributed by atoms with E-state index in [9.17, 15) is 4.79 Å². The van der Waals surface area contributed by atoms with Crippen molar-refractivity contribution >= 4 is 11.7 Å². The van der Waals surface area contributed by atoms with Gasteiger partial charge in [-0.15, -0.1) is 0 Å². The molecule has 0 spiro atoms. The Morgan fingerprint density at radius 1 is 1.47 bits per heavy atom. The van der Waals surface area contributed by atoms with Crippen LogP contribution in [0, 0.1) is 6.57 Å². The Morgan fingerprint density at radius 2 is 2.13 bits per heavy atom. The molecule has 4 nitrogen and oxygen atoms in total. The SMILES string of the molecule is [C-]#[N+]c1ccc(CNCC(=O)OC)cc1. The molecule has 15 heavy (non-hydrogen) atoms. The van der Waals surface area contributed by atoms with Crippen molar-refractivity contribution in [1.82, 2.24) is 5.32 Å². The molecule has 0 saturated carbocycles. The van der Waals surface area contributed by atoms with Gasteiger partial charge in [-0.1, -0.05) is 24.3 Å². The van der Waals surface area contributed by atoms with E-state index in [1.54, 1.807) is 12.1 Å². The Balaban J connectivity index is 2.38. The van der Waals surface area contributed by atoms with E-state index in [0.717, 1.165) is 5.56 Å². The van der Waals surface area contributed by atoms with Crippen molar-refractivity contribution in [3.63, 3.8) is 0 Å². The maximum absolute atomic E-state index is 10.8. The molecule has 1 N–H and O–H groups in total. The van der Waals surface area contributed by atoms with Crippen molar-refractivity contribution in [1.29, 1.82) is 0 Å². The Morgan fingerprint density at radius 3 is 2.67 bits per heavy atom. The highest BCUT2D eigenvalue weighted by Crippen LogP contribution is 2.11. The van der Waals surface area contributed by atoms with Crippen molar-refractivity contribution in [3.05, 3.63) is 41.2 Å². The molecule has 0 saturated heterocycles. The van der Waals surface area contributed by atoms with Crippen LogP contribution in [0.15, 0.2) is 24.3 Å². The summed E-state index contributed by atoms with van der Waals surface area (Å²) >= 11 is 0. The number of esters is 1. The van der Waals surface area contributed by atoms with Gasteiger partial charge in [-0.05, 0) is 5.56 Å². The summed E-state index contributed by atoms with van der Waals surface area (Å²) in [7, 11) is 1.36. The minimum atomic E-state index is -0.284. The fourth-order valence-corrected chi connectivity index (χ4v) is 1.07. The summed E-state index contributed by atoms with van der Waals surface area (Å²) in [6.45, 7) is 7.57. The number of nitrogens with one attached hydrogen (secondary N) is 1. The van der Waals surface area contributed by atoms with Crippen molar-refractivity contribution in [2.24, 2.45) is 0 Å². The number of ether oxygens (including phenoxy) is 1. The standard InChI is InChI=1S/C11H12N2O2/c1-12-10-5-3-9(4-6-10)7-13-8-11(14)15-2/h3-6,13H,7-8H2,2H3. The van der Waals surface area contributed by atoms with Crippen LogP contribution >= 0.6 is 0 Å². The number of nitrogens with zero attached hydrogens (tertiary/aromatic N) is 1. The molecule has 1 aromatic rings. The van der Waals surface area contributed by atoms with Gasteiger partial charge >= 0.3 is 5.97 Å². The summed E-state index contributed by atoms with van der Waals surface area (Å²) in [5.41, 5.74) is 1.65. The van der Waals surface area contributed by atoms with Crippen LogP contribution in [-0.2, 0) is 16.1 Å². The molecule has 0 fully saturated rings. The maximum Gasteiger partial charge on any atom is 0.319 e. The quantitative estimate of drug-likeness (QED) is 0.597. The van der Waals surface area contributed by atoms with Gasteiger partial charge in [-0.25, -0.2) is 4.85 Å². The molecule has 0 amide bonds. The van der Waals surface area contributed by atoms with Gasteiger partial charge in [0, 0.05) is 6.54 Å². The molecule has 0 heterocycles. The molecule has 1 aromatic carbocycles. The van der Waals surface area contributed by atoms with Gasteiger partial charge in [0.15, 0.2) is 5.69 Å². The van der Waals surface area contributed by atoms with E-state index in [1.807, 2.05) is 12.1 Å². The van der Waals surface area contributed by atoms with Crippen LogP contribution in [0.2, 0.25) is 0 Å². The molecule has 0 aliphatic carbocycles. The molecule has 0 unspecified atom stereocenters. The first-order chi connectivity index (χ1) is 7.26. The zero-order valence-corrected chi connectivity index (χ0v) is 8.49. The van der Waals surface area contributed by atoms with Crippen LogP contribution in [-0.4, -0.2) is 19.6 Å². The van der Waals surface area contributed by atoms with Gasteiger partial charge in [0.1, 0.15) is 0 Å². The van der Waals surface area contributed by atoms with Crippen molar-refractivity contribution in [2.45, 2.75) is 6.54 Å². The number of methoxy groups -OCH3 is 1. The molecule has 0 aliphatic heterocycles. The van der Waals surface area contributed by atoms with Crippen molar-refractivity contribution < 1.29 is 9.53 Å². The summed E-state index contributed by atoms with van der Waals surface area (Å²) in [6.07, 6.45) is 0. The fraction of sp³-hybridized carbons (Fsp3) is 0.273. The second-order valence-electron chi connectivity index (χ2n) is 2.96. The number of rotatable bonds is 4. The Labute approximate surface area is 88.7 Å². The number of hydrogen-bond donors (Lipinski definition) is 1. The van der Waals surface area contributed by atoms with Crippen molar-refractivity contribution in [3.8, 4) is 0 Å². The average molecular weight is 204 g/mol. The summed E-state index contributed by atoms with van der Waals surface area (Å²) in [5.74, 6) is -0.284. The van der Waals surface area contributed by atoms with Crippen LogP contribution in [0.25, 0.3) is 4.85 Å². The van der Waals surface area contributed by atoms with Gasteiger partial charge < -0.3 is 10.1 Å². The van der Waals surface area contributed by atoms with Crippen molar-refractivity contribution in [2.75, 3.05) is 13.7 Å². The van der Waals surface area contributed by atoms with Crippen LogP contribution in [0.5, 0.6) is 0 Å². The third kappa shape index (κ3) is 3.79. The monoisotopic (exact) mass is 204 g/mol. The van der Waals surface area contributed by atoms with E-state index in [-0.39, 0.29) is 12.5 Å². The smallest absolute Gasteiger partial charge is 0.319 e. The molecule has 4 heteroatoms. The summed E-state index contributed by atoms with van der Waals surface area (Å²) < 4.78 is 4.48. The largest absolute Gasteiger partial charge is 0.468 e. The zero-order chi connectivity index (χ0) is 11.1. The fourth-order valence-electron chi connectivity index (χ4n) is 1.07. The Hall–Kier alpha value is -1.86. The van der Waals surface area contributed by atoms with E-state index in [2.05, 4.69) is 14.9 Å². The highest BCUT2D eigenvalue weighted by atomic mass is 16.5. The van der Waals surface area contributed by atoms with Gasteiger partial charge in [0.25, 0.3) is 0 Å². The molecule has 1 rings (SSSR count). The van der Waals surface area contributed by atoms with Gasteiger partial charge in [0.2, 0.25) is 0 Å². The lowest BCUT2D eigenvalue weighted by molar-refractivity contribution is -0.139. The van der Waals surface area contributed by atoms with E-state index in [0.29, 0.717) is 12.2 Å². The van der Waals surface area contributed by atoms with Gasteiger partial charge in [-0.3, -0.25) is 4.79 Å². The topological polar surface area (TPSA) is 42.7 Å². The van der Waals surface area contributed by atoms with E-state index >= 15 is 0 Å². The zero-order valence-electron chi connectivity index (χ0n) is 8.49. The molecule has 0 atom stereocenters. The molecule has 78 valence electrons. The van der Waals surface area contributed by atoms with E-state index < -0.39 is 0 Å². The molecule has 0 aliphatic rings. The third-order valence-corrected chi connectivity index (χ3v) is 1.89. The highest BCUT2D eigenvalue weighted by Gasteiger charge is 1.98. The number of carbonyl (C=O) groups is 1. The van der Waals surface area contributed by atoms with Gasteiger partial charge in [0.05, 0.1) is 20.2 Å². The molecular weight excluding hydrogens is 192 g/mol. The lowest BCUT2D eigenvalue weighted by Gasteiger charge is -2.03. The van der Waals surface area contributed by atoms with Crippen LogP contribution in [0.4, 0.5) is 5.69 Å². The first-order valence-corrected chi connectivity index (χ1v) is 4.50. The second kappa shape index (κ2) is 5.78. The van der Waals surface area contributed by atoms with Crippen LogP contribution in [0.1, 0.15) is 5.56 Å². The van der Waals surface area contributed by atoms with Gasteiger partial charge in [-0.2, -0.15) is 0 Å². The number of carbonyl (C=O) groups excluding carboxylic acids is 1. The summed E-state index contributed by atoms with van der Waals surface area (Å²) in [4.78, 5) is 14.1. The second-order valence-corrected chi connectivity index (χ2v) is 2.96. The lowest BCUT2D eigenvalue weighted by atomic mass is 10.2. The first-order valence-electron chi connectivity index (χ1n) is 4.50. The molecular formula is C11H12N2O2. The summed E-state index contributed by atoms with van der Waals surface area (Å²) in [6, 6.07) is 7.22. The van der Waals surface area contributed by atoms with Crippen LogP contribution in [0.3, 0.4) is 0 Å². The third-order valence-electron chi connectivity index (χ3n) is 1.89. The Bertz CT molecular complexity index is 365.